The van der Waals surface area contributed by atoms with Gasteiger partial charge in [-0.1, -0.05) is 0 Å². The molecule has 0 atom stereocenters. The Kier molecular flexibility index (Phi) is 3.40. The number of H-pyrrole nitrogens is 2. The maximum Gasteiger partial charge on any atom is 0.231 e. The Morgan fingerprint density at radius 1 is 1.07 bits per heavy atom. The number of hydrogen-bond donors (Lipinski definition) is 2. The van der Waals surface area contributed by atoms with E-state index in [-0.39, 0.29) is 6.79 Å². The molecule has 0 radical (unpaired) electrons. The Morgan fingerprint density at radius 3 is 2.63 bits per heavy atom. The van der Waals surface area contributed by atoms with Crippen LogP contribution in [-0.4, -0.2) is 23.9 Å². The van der Waals surface area contributed by atoms with Gasteiger partial charge in [0, 0.05) is 28.7 Å². The molecule has 0 aliphatic carbocycles. The van der Waals surface area contributed by atoms with Gasteiger partial charge in [0.25, 0.3) is 0 Å². The molecule has 136 valence electrons. The quantitative estimate of drug-likeness (QED) is 0.708. The molecule has 0 fully saturated rings. The van der Waals surface area contributed by atoms with Crippen molar-refractivity contribution in [2.45, 2.75) is 13.8 Å². The van der Waals surface area contributed by atoms with E-state index in [1.807, 2.05) is 31.2 Å². The highest BCUT2D eigenvalue weighted by Crippen LogP contribution is 2.28. The van der Waals surface area contributed by atoms with Crippen molar-refractivity contribution in [2.24, 2.45) is 4.99 Å². The average molecular weight is 361 g/mol. The van der Waals surface area contributed by atoms with E-state index < -0.39 is 0 Å². The number of nitrogens with zero attached hydrogens (tertiary/aromatic N) is 1. The molecule has 2 aromatic heterocycles. The minimum Gasteiger partial charge on any atom is -0.494 e. The van der Waals surface area contributed by atoms with Crippen LogP contribution in [0.5, 0.6) is 17.2 Å². The zero-order valence-electron chi connectivity index (χ0n) is 15.3. The normalized spacial score (nSPS) is 16.9. The van der Waals surface area contributed by atoms with E-state index >= 15 is 0 Å². The number of aromatic amines is 2. The Hall–Kier alpha value is -3.41. The number of benzene rings is 1. The predicted octanol–water partition coefficient (Wildman–Crippen LogP) is 0.748. The van der Waals surface area contributed by atoms with Crippen molar-refractivity contribution in [2.75, 3.05) is 13.9 Å². The third kappa shape index (κ3) is 2.61. The van der Waals surface area contributed by atoms with Crippen LogP contribution < -0.4 is 35.5 Å². The third-order valence-corrected chi connectivity index (χ3v) is 4.84. The van der Waals surface area contributed by atoms with E-state index in [2.05, 4.69) is 29.0 Å². The Balaban J connectivity index is 1.68. The summed E-state index contributed by atoms with van der Waals surface area (Å²) in [7, 11) is 1.67. The Morgan fingerprint density at radius 2 is 1.89 bits per heavy atom. The summed E-state index contributed by atoms with van der Waals surface area (Å²) in [6, 6.07) is 7.97. The van der Waals surface area contributed by atoms with Crippen molar-refractivity contribution in [3.8, 4) is 17.2 Å². The summed E-state index contributed by atoms with van der Waals surface area (Å²) in [6.45, 7) is 4.39. The lowest BCUT2D eigenvalue weighted by atomic mass is 10.2. The highest BCUT2D eigenvalue weighted by atomic mass is 16.7. The van der Waals surface area contributed by atoms with Crippen LogP contribution in [-0.2, 0) is 0 Å². The van der Waals surface area contributed by atoms with Crippen molar-refractivity contribution >= 4 is 17.8 Å². The first kappa shape index (κ1) is 15.8. The van der Waals surface area contributed by atoms with Crippen LogP contribution in [0.25, 0.3) is 17.8 Å². The van der Waals surface area contributed by atoms with Crippen LogP contribution >= 0.6 is 0 Å². The molecule has 0 spiro atoms. The first-order chi connectivity index (χ1) is 13.1. The minimum absolute atomic E-state index is 0.263. The van der Waals surface area contributed by atoms with Gasteiger partial charge in [-0.3, -0.25) is 0 Å². The Labute approximate surface area is 155 Å². The van der Waals surface area contributed by atoms with E-state index in [4.69, 9.17) is 19.2 Å². The molecule has 6 heteroatoms. The fourth-order valence-corrected chi connectivity index (χ4v) is 3.52. The van der Waals surface area contributed by atoms with Crippen LogP contribution in [0, 0.1) is 13.8 Å². The topological polar surface area (TPSA) is 71.6 Å². The van der Waals surface area contributed by atoms with Gasteiger partial charge in [0.2, 0.25) is 6.79 Å². The van der Waals surface area contributed by atoms with Crippen LogP contribution in [0.4, 0.5) is 0 Å². The number of hydrogen-bond acceptors (Lipinski definition) is 4. The fourth-order valence-electron chi connectivity index (χ4n) is 3.52. The van der Waals surface area contributed by atoms with E-state index in [9.17, 15) is 0 Å². The highest BCUT2D eigenvalue weighted by Gasteiger charge is 2.15. The maximum absolute atomic E-state index is 5.56. The number of aryl methyl sites for hydroxylation is 2. The number of ether oxygens (including phenoxy) is 3. The second kappa shape index (κ2) is 5.81. The van der Waals surface area contributed by atoms with Gasteiger partial charge in [-0.05, 0) is 43.7 Å². The van der Waals surface area contributed by atoms with Crippen molar-refractivity contribution in [1.29, 1.82) is 0 Å². The largest absolute Gasteiger partial charge is 0.494 e. The summed E-state index contributed by atoms with van der Waals surface area (Å²) in [5.41, 5.74) is 4.24. The summed E-state index contributed by atoms with van der Waals surface area (Å²) in [5, 5.41) is 3.70. The minimum atomic E-state index is 0.263. The van der Waals surface area contributed by atoms with Gasteiger partial charge in [-0.2, -0.15) is 0 Å². The van der Waals surface area contributed by atoms with Crippen LogP contribution in [0.2, 0.25) is 0 Å². The molecule has 0 bridgehead atoms. The molecule has 5 rings (SSSR count). The number of nitrogens with one attached hydrogen (secondary N) is 2. The second-order valence-corrected chi connectivity index (χ2v) is 6.76. The summed E-state index contributed by atoms with van der Waals surface area (Å²) < 4.78 is 16.5. The summed E-state index contributed by atoms with van der Waals surface area (Å²) in [6.07, 6.45) is 4.10. The van der Waals surface area contributed by atoms with Crippen molar-refractivity contribution in [3.05, 3.63) is 62.5 Å². The Bertz CT molecular complexity index is 1270. The van der Waals surface area contributed by atoms with E-state index in [1.54, 1.807) is 7.11 Å². The molecular weight excluding hydrogens is 342 g/mol. The second-order valence-electron chi connectivity index (χ2n) is 6.76. The smallest absolute Gasteiger partial charge is 0.231 e. The molecule has 6 nitrogen and oxygen atoms in total. The molecule has 2 aliphatic heterocycles. The van der Waals surface area contributed by atoms with E-state index in [0.717, 1.165) is 55.6 Å². The predicted molar refractivity (Wildman–Crippen MR) is 102 cm³/mol. The molecule has 0 amide bonds. The van der Waals surface area contributed by atoms with Crippen molar-refractivity contribution < 1.29 is 14.2 Å². The molecule has 3 aromatic rings. The van der Waals surface area contributed by atoms with E-state index in [0.29, 0.717) is 0 Å². The zero-order chi connectivity index (χ0) is 18.5. The number of aromatic nitrogens is 2. The van der Waals surface area contributed by atoms with Gasteiger partial charge >= 0.3 is 0 Å². The van der Waals surface area contributed by atoms with Crippen LogP contribution in [0.1, 0.15) is 17.0 Å². The molecule has 0 saturated carbocycles. The van der Waals surface area contributed by atoms with Crippen LogP contribution in [0.3, 0.4) is 0 Å². The van der Waals surface area contributed by atoms with Gasteiger partial charge in [0.05, 0.1) is 28.9 Å². The standard InChI is InChI=1S/C21H19N3O3/c1-11-4-12(2)22-14(11)7-18-19(25-3)9-17(24-18)16-5-13-6-20-21(27-10-26-20)8-15(13)23-16/h4-9,22,24H,10H2,1-3H3/b17-16-,18-7?. The number of methoxy groups -OCH3 is 1. The molecule has 0 unspecified atom stereocenters. The van der Waals surface area contributed by atoms with Gasteiger partial charge < -0.3 is 24.2 Å². The monoisotopic (exact) mass is 361 g/mol. The van der Waals surface area contributed by atoms with Gasteiger partial charge in [-0.15, -0.1) is 0 Å². The SMILES string of the molecule is COc1c/c(=C2\C=c3cc4c(cc3=N2)OCO4)[nH]c1=Cc1[nH]c(C)cc1C. The molecule has 27 heavy (non-hydrogen) atoms. The van der Waals surface area contributed by atoms with Gasteiger partial charge in [-0.25, -0.2) is 4.99 Å². The summed E-state index contributed by atoms with van der Waals surface area (Å²) in [5.74, 6) is 2.28. The summed E-state index contributed by atoms with van der Waals surface area (Å²) >= 11 is 0. The lowest BCUT2D eigenvalue weighted by Gasteiger charge is -1.94. The molecule has 2 aliphatic rings. The number of fused-ring (bicyclic) bond motifs is 2. The lowest BCUT2D eigenvalue weighted by Crippen LogP contribution is -2.20. The average Bonchev–Trinajstić information content (AvgIpc) is 3.39. The summed E-state index contributed by atoms with van der Waals surface area (Å²) in [4.78, 5) is 11.5. The third-order valence-electron chi connectivity index (χ3n) is 4.84. The molecule has 1 aromatic carbocycles. The maximum atomic E-state index is 5.56. The molecule has 2 N–H and O–H groups in total. The zero-order valence-corrected chi connectivity index (χ0v) is 15.3. The van der Waals surface area contributed by atoms with E-state index in [1.165, 1.54) is 5.56 Å². The van der Waals surface area contributed by atoms with Crippen LogP contribution in [0.15, 0.2) is 29.3 Å². The molecule has 4 heterocycles. The molecule has 0 saturated heterocycles. The fraction of sp³-hybridized carbons (Fsp3) is 0.190. The first-order valence-electron chi connectivity index (χ1n) is 8.76. The van der Waals surface area contributed by atoms with Crippen molar-refractivity contribution in [3.63, 3.8) is 0 Å². The lowest BCUT2D eigenvalue weighted by molar-refractivity contribution is 0.174. The van der Waals surface area contributed by atoms with Gasteiger partial charge in [0.15, 0.2) is 11.5 Å². The van der Waals surface area contributed by atoms with Gasteiger partial charge in [0.1, 0.15) is 5.75 Å². The molecular formula is C21H19N3O3. The van der Waals surface area contributed by atoms with Crippen molar-refractivity contribution in [1.82, 2.24) is 9.97 Å². The highest BCUT2D eigenvalue weighted by molar-refractivity contribution is 5.77. The first-order valence-corrected chi connectivity index (χ1v) is 8.76. The number of rotatable bonds is 2.